The van der Waals surface area contributed by atoms with Gasteiger partial charge in [-0.1, -0.05) is 70.5 Å². The summed E-state index contributed by atoms with van der Waals surface area (Å²) >= 11 is 7.07. The summed E-state index contributed by atoms with van der Waals surface area (Å²) in [5.74, 6) is 0.813. The lowest BCUT2D eigenvalue weighted by Crippen LogP contribution is -2.22. The smallest absolute Gasteiger partial charge is 0.266 e. The number of benzene rings is 4. The minimum atomic E-state index is -0.147. The van der Waals surface area contributed by atoms with Crippen LogP contribution < -0.4 is 11.0 Å². The van der Waals surface area contributed by atoms with Gasteiger partial charge in [0.05, 0.1) is 28.3 Å². The van der Waals surface area contributed by atoms with Crippen LogP contribution in [0.3, 0.4) is 0 Å². The summed E-state index contributed by atoms with van der Waals surface area (Å²) in [6.07, 6.45) is 0.721. The van der Waals surface area contributed by atoms with Crippen LogP contribution in [0.1, 0.15) is 23.6 Å². The third-order valence-electron chi connectivity index (χ3n) is 6.43. The lowest BCUT2D eigenvalue weighted by Gasteiger charge is -2.15. The predicted octanol–water partition coefficient (Wildman–Crippen LogP) is 6.72. The summed E-state index contributed by atoms with van der Waals surface area (Å²) in [4.78, 5) is 18.7. The summed E-state index contributed by atoms with van der Waals surface area (Å²) in [5, 5.41) is 14.6. The summed E-state index contributed by atoms with van der Waals surface area (Å²) < 4.78 is 3.22. The van der Waals surface area contributed by atoms with E-state index < -0.39 is 0 Å². The van der Waals surface area contributed by atoms with Crippen molar-refractivity contribution in [3.05, 3.63) is 121 Å². The van der Waals surface area contributed by atoms with Crippen LogP contribution >= 0.6 is 31.9 Å². The second-order valence-corrected chi connectivity index (χ2v) is 10.6. The monoisotopic (exact) mass is 614 g/mol. The SMILES string of the molecule is O=c1c2cc(Br)cc(Br)c2nc(-c2ccccc2)n1-c1ccc(C2=NNC(c3ccc(O)cc3)C2)cc1. The Morgan fingerprint density at radius 3 is 2.35 bits per heavy atom. The van der Waals surface area contributed by atoms with Crippen LogP contribution in [0.15, 0.2) is 110 Å². The number of halogens is 2. The highest BCUT2D eigenvalue weighted by Gasteiger charge is 2.22. The fraction of sp³-hybridized carbons (Fsp3) is 0.0690. The highest BCUT2D eigenvalue weighted by molar-refractivity contribution is 9.11. The summed E-state index contributed by atoms with van der Waals surface area (Å²) in [6, 6.07) is 28.4. The molecule has 1 aliphatic heterocycles. The molecule has 0 spiro atoms. The van der Waals surface area contributed by atoms with E-state index in [0.29, 0.717) is 16.7 Å². The number of fused-ring (bicyclic) bond motifs is 1. The minimum absolute atomic E-state index is 0.0455. The van der Waals surface area contributed by atoms with Gasteiger partial charge in [0.25, 0.3) is 5.56 Å². The third kappa shape index (κ3) is 4.47. The Morgan fingerprint density at radius 2 is 1.62 bits per heavy atom. The fourth-order valence-electron chi connectivity index (χ4n) is 4.56. The van der Waals surface area contributed by atoms with E-state index in [1.54, 1.807) is 22.8 Å². The first kappa shape index (κ1) is 23.6. The second kappa shape index (κ2) is 9.61. The average Bonchev–Trinajstić information content (AvgIpc) is 3.40. The van der Waals surface area contributed by atoms with Gasteiger partial charge in [0, 0.05) is 20.9 Å². The van der Waals surface area contributed by atoms with Crippen molar-refractivity contribution in [3.63, 3.8) is 0 Å². The average molecular weight is 616 g/mol. The highest BCUT2D eigenvalue weighted by atomic mass is 79.9. The van der Waals surface area contributed by atoms with E-state index in [9.17, 15) is 9.90 Å². The zero-order valence-corrected chi connectivity index (χ0v) is 22.6. The van der Waals surface area contributed by atoms with Gasteiger partial charge in [-0.2, -0.15) is 5.10 Å². The largest absolute Gasteiger partial charge is 0.508 e. The van der Waals surface area contributed by atoms with E-state index in [2.05, 4.69) is 42.4 Å². The fourth-order valence-corrected chi connectivity index (χ4v) is 5.87. The van der Waals surface area contributed by atoms with Crippen LogP contribution in [0.4, 0.5) is 0 Å². The Morgan fingerprint density at radius 1 is 0.892 bits per heavy atom. The standard InChI is InChI=1S/C29H20Br2N4O2/c30-20-14-23-27(24(31)15-20)32-28(19-4-2-1-3-5-19)35(29(23)37)21-10-6-17(7-11-21)25-16-26(34-33-25)18-8-12-22(36)13-9-18/h1-15,26,34,36H,16H2. The Kier molecular flexibility index (Phi) is 6.14. The number of hydrazone groups is 1. The number of phenolic OH excluding ortho intramolecular Hbond substituents is 1. The highest BCUT2D eigenvalue weighted by Crippen LogP contribution is 2.30. The summed E-state index contributed by atoms with van der Waals surface area (Å²) in [7, 11) is 0. The van der Waals surface area contributed by atoms with Crippen molar-refractivity contribution in [1.82, 2.24) is 15.0 Å². The molecule has 5 aromatic rings. The molecule has 0 bridgehead atoms. The van der Waals surface area contributed by atoms with Gasteiger partial charge in [-0.05, 0) is 63.5 Å². The topological polar surface area (TPSA) is 79.5 Å². The Bertz CT molecular complexity index is 1710. The van der Waals surface area contributed by atoms with Crippen molar-refractivity contribution in [2.75, 3.05) is 0 Å². The quantitative estimate of drug-likeness (QED) is 0.235. The molecule has 37 heavy (non-hydrogen) atoms. The van der Waals surface area contributed by atoms with Crippen molar-refractivity contribution >= 4 is 48.5 Å². The lowest BCUT2D eigenvalue weighted by atomic mass is 9.99. The lowest BCUT2D eigenvalue weighted by molar-refractivity contribution is 0.474. The van der Waals surface area contributed by atoms with E-state index in [1.165, 1.54) is 0 Å². The molecule has 6 rings (SSSR count). The molecule has 0 saturated carbocycles. The maximum absolute atomic E-state index is 13.8. The van der Waals surface area contributed by atoms with Crippen LogP contribution in [0, 0.1) is 0 Å². The number of nitrogens with one attached hydrogen (secondary N) is 1. The van der Waals surface area contributed by atoms with Gasteiger partial charge in [0.2, 0.25) is 0 Å². The molecular formula is C29H20Br2N4O2. The van der Waals surface area contributed by atoms with Crippen LogP contribution in [-0.2, 0) is 0 Å². The van der Waals surface area contributed by atoms with E-state index in [4.69, 9.17) is 4.98 Å². The van der Waals surface area contributed by atoms with Gasteiger partial charge in [-0.25, -0.2) is 4.98 Å². The predicted molar refractivity (Wildman–Crippen MR) is 153 cm³/mol. The van der Waals surface area contributed by atoms with E-state index >= 15 is 0 Å². The third-order valence-corrected chi connectivity index (χ3v) is 7.49. The molecule has 0 radical (unpaired) electrons. The van der Waals surface area contributed by atoms with Crippen LogP contribution in [0.5, 0.6) is 5.75 Å². The molecule has 0 fully saturated rings. The van der Waals surface area contributed by atoms with Crippen molar-refractivity contribution in [1.29, 1.82) is 0 Å². The number of phenols is 1. The normalized spacial score (nSPS) is 15.0. The van der Waals surface area contributed by atoms with Gasteiger partial charge < -0.3 is 10.5 Å². The number of hydrogen-bond donors (Lipinski definition) is 2. The molecule has 8 heteroatoms. The Labute approximate surface area is 229 Å². The number of aromatic nitrogens is 2. The van der Waals surface area contributed by atoms with Gasteiger partial charge in [0.15, 0.2) is 0 Å². The Balaban J connectivity index is 1.40. The first-order valence-electron chi connectivity index (χ1n) is 11.7. The van der Waals surface area contributed by atoms with E-state index in [0.717, 1.165) is 43.5 Å². The number of hydrogen-bond acceptors (Lipinski definition) is 5. The van der Waals surface area contributed by atoms with Gasteiger partial charge in [-0.15, -0.1) is 0 Å². The number of rotatable bonds is 4. The number of aromatic hydroxyl groups is 1. The van der Waals surface area contributed by atoms with Crippen LogP contribution in [-0.4, -0.2) is 20.4 Å². The molecule has 0 saturated heterocycles. The van der Waals surface area contributed by atoms with E-state index in [1.807, 2.05) is 72.8 Å². The zero-order valence-electron chi connectivity index (χ0n) is 19.4. The van der Waals surface area contributed by atoms with Gasteiger partial charge >= 0.3 is 0 Å². The molecule has 1 aromatic heterocycles. The maximum Gasteiger partial charge on any atom is 0.266 e. The number of nitrogens with zero attached hydrogens (tertiary/aromatic N) is 3. The molecule has 0 amide bonds. The van der Waals surface area contributed by atoms with Crippen molar-refractivity contribution in [2.45, 2.75) is 12.5 Å². The van der Waals surface area contributed by atoms with Crippen molar-refractivity contribution in [3.8, 4) is 22.8 Å². The van der Waals surface area contributed by atoms with Gasteiger partial charge in [-0.3, -0.25) is 9.36 Å². The van der Waals surface area contributed by atoms with Crippen molar-refractivity contribution < 1.29 is 5.11 Å². The maximum atomic E-state index is 13.8. The minimum Gasteiger partial charge on any atom is -0.508 e. The summed E-state index contributed by atoms with van der Waals surface area (Å²) in [6.45, 7) is 0. The first-order valence-corrected chi connectivity index (χ1v) is 13.3. The molecule has 182 valence electrons. The zero-order chi connectivity index (χ0) is 25.5. The van der Waals surface area contributed by atoms with Crippen molar-refractivity contribution in [2.24, 2.45) is 5.10 Å². The summed E-state index contributed by atoms with van der Waals surface area (Å²) in [5.41, 5.74) is 8.20. The molecule has 4 aromatic carbocycles. The molecule has 2 N–H and O–H groups in total. The first-order chi connectivity index (χ1) is 18.0. The van der Waals surface area contributed by atoms with Crippen LogP contribution in [0.2, 0.25) is 0 Å². The molecular weight excluding hydrogens is 596 g/mol. The van der Waals surface area contributed by atoms with Crippen LogP contribution in [0.25, 0.3) is 28.0 Å². The second-order valence-electron chi connectivity index (χ2n) is 8.81. The molecule has 1 unspecified atom stereocenters. The Hall–Kier alpha value is -3.75. The molecule has 0 aliphatic carbocycles. The van der Waals surface area contributed by atoms with Gasteiger partial charge in [0.1, 0.15) is 11.6 Å². The molecule has 2 heterocycles. The molecule has 1 atom stereocenters. The molecule has 6 nitrogen and oxygen atoms in total. The molecule has 1 aliphatic rings. The van der Waals surface area contributed by atoms with E-state index in [-0.39, 0.29) is 17.4 Å².